The molecule has 41 heavy (non-hydrogen) atoms. The summed E-state index contributed by atoms with van der Waals surface area (Å²) in [6.45, 7) is 0. The van der Waals surface area contributed by atoms with Gasteiger partial charge >= 0.3 is 0 Å². The fraction of sp³-hybridized carbons (Fsp3) is 0.0526. The van der Waals surface area contributed by atoms with Gasteiger partial charge < -0.3 is 8.83 Å². The van der Waals surface area contributed by atoms with Crippen LogP contribution in [0.25, 0.3) is 55.0 Å². The second kappa shape index (κ2) is 8.45. The normalized spacial score (nSPS) is 14.1. The highest BCUT2D eigenvalue weighted by Crippen LogP contribution is 2.55. The van der Waals surface area contributed by atoms with Gasteiger partial charge in [0.1, 0.15) is 22.3 Å². The summed E-state index contributed by atoms with van der Waals surface area (Å²) in [7, 11) is 0. The van der Waals surface area contributed by atoms with Gasteiger partial charge in [0.15, 0.2) is 0 Å². The molecule has 2 aromatic heterocycles. The third-order valence-corrected chi connectivity index (χ3v) is 9.60. The molecule has 0 unspecified atom stereocenters. The summed E-state index contributed by atoms with van der Waals surface area (Å²) in [4.78, 5) is 0. The predicted octanol–water partition coefficient (Wildman–Crippen LogP) is 10.8. The summed E-state index contributed by atoms with van der Waals surface area (Å²) in [6.07, 6.45) is 0.769. The van der Waals surface area contributed by atoms with Crippen LogP contribution in [0.1, 0.15) is 22.3 Å². The van der Waals surface area contributed by atoms with Crippen molar-refractivity contribution in [1.82, 2.24) is 0 Å². The van der Waals surface area contributed by atoms with Crippen molar-refractivity contribution in [2.45, 2.75) is 11.8 Å². The van der Waals surface area contributed by atoms with Crippen LogP contribution in [0, 0.1) is 0 Å². The zero-order valence-corrected chi connectivity index (χ0v) is 23.6. The number of fused-ring (bicyclic) bond motifs is 9. The Hall–Kier alpha value is -4.60. The Bertz CT molecular complexity index is 2210. The molecule has 1 aliphatic rings. The first-order valence-corrected chi connectivity index (χ1v) is 14.7. The van der Waals surface area contributed by atoms with Crippen LogP contribution < -0.4 is 0 Å². The highest BCUT2D eigenvalue weighted by Gasteiger charge is 2.46. The lowest BCUT2D eigenvalue weighted by Crippen LogP contribution is -2.35. The van der Waals surface area contributed by atoms with Crippen molar-refractivity contribution in [2.24, 2.45) is 0 Å². The molecule has 0 aliphatic heterocycles. The predicted molar refractivity (Wildman–Crippen MR) is 171 cm³/mol. The van der Waals surface area contributed by atoms with Crippen molar-refractivity contribution in [2.75, 3.05) is 0 Å². The molecule has 0 spiro atoms. The van der Waals surface area contributed by atoms with Gasteiger partial charge in [0.05, 0.1) is 5.41 Å². The van der Waals surface area contributed by atoms with Crippen molar-refractivity contribution < 1.29 is 8.83 Å². The van der Waals surface area contributed by atoms with E-state index in [4.69, 9.17) is 8.83 Å². The second-order valence-corrected chi connectivity index (χ2v) is 11.8. The van der Waals surface area contributed by atoms with Crippen LogP contribution in [0.15, 0.2) is 141 Å². The number of furan rings is 2. The Balaban J connectivity index is 1.49. The van der Waals surface area contributed by atoms with Gasteiger partial charge in [0, 0.05) is 37.1 Å². The van der Waals surface area contributed by atoms with Crippen LogP contribution in [0.2, 0.25) is 0 Å². The molecule has 0 saturated heterocycles. The van der Waals surface area contributed by atoms with E-state index in [0.29, 0.717) is 0 Å². The molecular formula is C38H23BrO2. The van der Waals surface area contributed by atoms with Gasteiger partial charge in [0.25, 0.3) is 0 Å². The summed E-state index contributed by atoms with van der Waals surface area (Å²) in [5, 5.41) is 4.53. The minimum atomic E-state index is -0.564. The Morgan fingerprint density at radius 1 is 0.488 bits per heavy atom. The van der Waals surface area contributed by atoms with E-state index in [1.165, 1.54) is 22.3 Å². The molecular weight excluding hydrogens is 568 g/mol. The number of hydrogen-bond acceptors (Lipinski definition) is 2. The van der Waals surface area contributed by atoms with Gasteiger partial charge in [-0.2, -0.15) is 0 Å². The van der Waals surface area contributed by atoms with Crippen LogP contribution in [0.4, 0.5) is 0 Å². The highest BCUT2D eigenvalue weighted by atomic mass is 79.9. The van der Waals surface area contributed by atoms with E-state index in [1.54, 1.807) is 0 Å². The number of para-hydroxylation sites is 4. The zero-order valence-electron chi connectivity index (χ0n) is 22.0. The Morgan fingerprint density at radius 2 is 1.00 bits per heavy atom. The highest BCUT2D eigenvalue weighted by molar-refractivity contribution is 9.10. The first-order valence-electron chi connectivity index (χ1n) is 13.9. The summed E-state index contributed by atoms with van der Waals surface area (Å²) in [6, 6.07) is 45.3. The average molecular weight is 592 g/mol. The molecule has 1 aliphatic carbocycles. The lowest BCUT2D eigenvalue weighted by molar-refractivity contribution is 0.574. The maximum atomic E-state index is 6.74. The number of hydrogen-bond donors (Lipinski definition) is 0. The van der Waals surface area contributed by atoms with Gasteiger partial charge in [-0.25, -0.2) is 0 Å². The van der Waals surface area contributed by atoms with E-state index < -0.39 is 5.41 Å². The van der Waals surface area contributed by atoms with E-state index in [0.717, 1.165) is 65.9 Å². The van der Waals surface area contributed by atoms with Crippen molar-refractivity contribution >= 4 is 59.8 Å². The van der Waals surface area contributed by atoms with E-state index in [1.807, 2.05) is 12.1 Å². The number of halogens is 1. The maximum absolute atomic E-state index is 6.74. The van der Waals surface area contributed by atoms with Crippen molar-refractivity contribution in [3.05, 3.63) is 154 Å². The van der Waals surface area contributed by atoms with E-state index in [-0.39, 0.29) is 0 Å². The maximum Gasteiger partial charge on any atom is 0.139 e. The first-order chi connectivity index (χ1) is 20.2. The molecule has 0 atom stereocenters. The molecule has 194 valence electrons. The number of rotatable bonds is 2. The van der Waals surface area contributed by atoms with Gasteiger partial charge in [-0.15, -0.1) is 0 Å². The third-order valence-electron chi connectivity index (χ3n) is 8.94. The van der Waals surface area contributed by atoms with Gasteiger partial charge in [-0.1, -0.05) is 125 Å². The molecule has 0 fully saturated rings. The molecule has 3 heteroatoms. The van der Waals surface area contributed by atoms with Gasteiger partial charge in [0.2, 0.25) is 0 Å². The van der Waals surface area contributed by atoms with Crippen LogP contribution in [0.5, 0.6) is 0 Å². The first kappa shape index (κ1) is 23.1. The summed E-state index contributed by atoms with van der Waals surface area (Å²) < 4.78 is 14.6. The lowest BCUT2D eigenvalue weighted by Gasteiger charge is -2.41. The molecule has 6 aromatic carbocycles. The van der Waals surface area contributed by atoms with Crippen molar-refractivity contribution in [3.63, 3.8) is 0 Å². The number of benzene rings is 6. The monoisotopic (exact) mass is 590 g/mol. The largest absolute Gasteiger partial charge is 0.456 e. The van der Waals surface area contributed by atoms with Crippen LogP contribution >= 0.6 is 15.9 Å². The molecule has 0 N–H and O–H groups in total. The fourth-order valence-electron chi connectivity index (χ4n) is 7.26. The summed E-state index contributed by atoms with van der Waals surface area (Å²) >= 11 is 3.89. The molecule has 8 aromatic rings. The second-order valence-electron chi connectivity index (χ2n) is 11.0. The Morgan fingerprint density at radius 3 is 1.66 bits per heavy atom. The topological polar surface area (TPSA) is 26.3 Å². The zero-order chi connectivity index (χ0) is 27.1. The van der Waals surface area contributed by atoms with Gasteiger partial charge in [-0.3, -0.25) is 0 Å². The summed E-state index contributed by atoms with van der Waals surface area (Å²) in [5.74, 6) is 0. The smallest absolute Gasteiger partial charge is 0.139 e. The molecule has 9 rings (SSSR count). The Labute approximate surface area is 245 Å². The molecule has 0 amide bonds. The van der Waals surface area contributed by atoms with Crippen LogP contribution in [-0.4, -0.2) is 0 Å². The molecule has 0 radical (unpaired) electrons. The van der Waals surface area contributed by atoms with E-state index in [9.17, 15) is 0 Å². The van der Waals surface area contributed by atoms with E-state index in [2.05, 4.69) is 131 Å². The van der Waals surface area contributed by atoms with Gasteiger partial charge in [-0.05, 0) is 46.9 Å². The minimum Gasteiger partial charge on any atom is -0.456 e. The van der Waals surface area contributed by atoms with E-state index >= 15 is 0 Å². The lowest BCUT2D eigenvalue weighted by atomic mass is 9.60. The SMILES string of the molecule is Brc1cccc2c1-c1ccccc1C(c1cccc3c1oc1ccccc13)(c1cccc3c1oc1ccccc13)C2. The molecule has 0 saturated carbocycles. The van der Waals surface area contributed by atoms with Crippen molar-refractivity contribution in [1.29, 1.82) is 0 Å². The minimum absolute atomic E-state index is 0.564. The molecule has 0 bridgehead atoms. The summed E-state index contributed by atoms with van der Waals surface area (Å²) in [5.41, 5.74) is 10.4. The fourth-order valence-corrected chi connectivity index (χ4v) is 7.88. The third kappa shape index (κ3) is 3.07. The van der Waals surface area contributed by atoms with Crippen LogP contribution in [-0.2, 0) is 11.8 Å². The quantitative estimate of drug-likeness (QED) is 0.200. The molecule has 2 heterocycles. The standard InChI is InChI=1S/C38H23BrO2/c39-32-19-7-10-23-22-38(29-16-4-1-13-28(29)35(23)32,30-17-8-14-26-24-11-2-5-20-33(24)40-36(26)30)31-18-9-15-27-25-12-3-6-21-34(25)41-37(27)31/h1-21H,22H2. The molecule has 2 nitrogen and oxygen atoms in total. The van der Waals surface area contributed by atoms with Crippen molar-refractivity contribution in [3.8, 4) is 11.1 Å². The Kier molecular flexibility index (Phi) is 4.77. The van der Waals surface area contributed by atoms with Crippen LogP contribution in [0.3, 0.4) is 0 Å². The average Bonchev–Trinajstić information content (AvgIpc) is 3.59.